The van der Waals surface area contributed by atoms with Gasteiger partial charge in [-0.1, -0.05) is 38.0 Å². The highest BCUT2D eigenvalue weighted by Gasteiger charge is 2.15. The summed E-state index contributed by atoms with van der Waals surface area (Å²) in [5, 5.41) is 14.8. The van der Waals surface area contributed by atoms with E-state index in [2.05, 4.69) is 22.7 Å². The summed E-state index contributed by atoms with van der Waals surface area (Å²) in [5.41, 5.74) is 7.67. The van der Waals surface area contributed by atoms with Crippen LogP contribution in [0.3, 0.4) is 0 Å². The molecule has 3 N–H and O–H groups in total. The molecule has 0 saturated heterocycles. The van der Waals surface area contributed by atoms with Gasteiger partial charge in [-0.2, -0.15) is 0 Å². The molecule has 1 saturated carbocycles. The minimum Gasteiger partial charge on any atom is -0.359 e. The van der Waals surface area contributed by atoms with Crippen molar-refractivity contribution >= 4 is 28.7 Å². The van der Waals surface area contributed by atoms with Crippen molar-refractivity contribution in [2.24, 2.45) is 0 Å². The first-order valence-electron chi connectivity index (χ1n) is 7.74. The molecule has 0 atom stereocenters. The lowest BCUT2D eigenvalue weighted by Gasteiger charge is -2.24. The van der Waals surface area contributed by atoms with Crippen molar-refractivity contribution in [3.05, 3.63) is 46.0 Å². The number of benzene rings is 1. The molecule has 23 heavy (non-hydrogen) atoms. The van der Waals surface area contributed by atoms with E-state index < -0.39 is 4.92 Å². The van der Waals surface area contributed by atoms with Gasteiger partial charge < -0.3 is 5.32 Å². The molecule has 0 aromatic heterocycles. The van der Waals surface area contributed by atoms with Crippen LogP contribution in [0.5, 0.6) is 0 Å². The summed E-state index contributed by atoms with van der Waals surface area (Å²) in [6, 6.07) is 5.42. The van der Waals surface area contributed by atoms with E-state index in [0.29, 0.717) is 28.0 Å². The Balaban J connectivity index is 1.88. The van der Waals surface area contributed by atoms with Crippen LogP contribution in [0.4, 0.5) is 5.69 Å². The zero-order valence-electron chi connectivity index (χ0n) is 13.2. The van der Waals surface area contributed by atoms with Gasteiger partial charge in [-0.25, -0.2) is 0 Å². The van der Waals surface area contributed by atoms with Gasteiger partial charge in [0, 0.05) is 23.2 Å². The average molecular weight is 334 g/mol. The summed E-state index contributed by atoms with van der Waals surface area (Å²) in [6.07, 6.45) is 6.01. The Morgan fingerprint density at radius 2 is 2.00 bits per heavy atom. The fraction of sp³-hybridized carbons (Fsp3) is 0.438. The van der Waals surface area contributed by atoms with Crippen molar-refractivity contribution in [2.45, 2.75) is 45.1 Å². The van der Waals surface area contributed by atoms with Gasteiger partial charge in [-0.15, -0.1) is 0 Å². The lowest BCUT2D eigenvalue weighted by atomic mass is 9.96. The predicted molar refractivity (Wildman–Crippen MR) is 95.7 cm³/mol. The van der Waals surface area contributed by atoms with E-state index >= 15 is 0 Å². The number of rotatable bonds is 5. The van der Waals surface area contributed by atoms with Gasteiger partial charge in [0.1, 0.15) is 0 Å². The molecule has 0 aliphatic heterocycles. The fourth-order valence-electron chi connectivity index (χ4n) is 2.67. The third-order valence-electron chi connectivity index (χ3n) is 4.02. The maximum atomic E-state index is 11.0. The second-order valence-electron chi connectivity index (χ2n) is 5.80. The molecule has 1 aromatic carbocycles. The molecule has 1 aliphatic rings. The number of hydrogen-bond donors (Lipinski definition) is 3. The predicted octanol–water partition coefficient (Wildman–Crippen LogP) is 3.18. The zero-order chi connectivity index (χ0) is 16.8. The van der Waals surface area contributed by atoms with Crippen molar-refractivity contribution in [3.8, 4) is 0 Å². The second-order valence-corrected chi connectivity index (χ2v) is 6.20. The van der Waals surface area contributed by atoms with Crippen LogP contribution >= 0.6 is 12.2 Å². The van der Waals surface area contributed by atoms with Crippen LogP contribution < -0.4 is 16.2 Å². The maximum Gasteiger partial charge on any atom is 0.272 e. The Kier molecular flexibility index (Phi) is 5.92. The Hall–Kier alpha value is -2.15. The van der Waals surface area contributed by atoms with Crippen LogP contribution in [0, 0.1) is 17.0 Å². The van der Waals surface area contributed by atoms with Crippen LogP contribution in [0.2, 0.25) is 0 Å². The molecule has 0 amide bonds. The molecule has 1 aliphatic carbocycles. The van der Waals surface area contributed by atoms with E-state index in [1.807, 2.05) is 0 Å². The van der Waals surface area contributed by atoms with Crippen molar-refractivity contribution in [3.63, 3.8) is 0 Å². The molecule has 7 heteroatoms. The molecule has 0 spiro atoms. The number of nitrogens with zero attached hydrogens (tertiary/aromatic N) is 1. The van der Waals surface area contributed by atoms with E-state index in [0.717, 1.165) is 12.8 Å². The minimum absolute atomic E-state index is 0.0772. The van der Waals surface area contributed by atoms with Crippen LogP contribution in [0.1, 0.15) is 43.2 Å². The number of thiocarbonyl (C=S) groups is 1. The lowest BCUT2D eigenvalue weighted by molar-refractivity contribution is -0.385. The van der Waals surface area contributed by atoms with Crippen LogP contribution in [-0.2, 0) is 0 Å². The Morgan fingerprint density at radius 3 is 2.65 bits per heavy atom. The van der Waals surface area contributed by atoms with Crippen LogP contribution in [0.15, 0.2) is 24.8 Å². The largest absolute Gasteiger partial charge is 0.359 e. The fourth-order valence-corrected chi connectivity index (χ4v) is 2.88. The van der Waals surface area contributed by atoms with Gasteiger partial charge in [-0.3, -0.25) is 21.0 Å². The molecule has 124 valence electrons. The van der Waals surface area contributed by atoms with Crippen molar-refractivity contribution in [1.82, 2.24) is 16.2 Å². The lowest BCUT2D eigenvalue weighted by Crippen LogP contribution is -2.47. The molecular weight excluding hydrogens is 312 g/mol. The maximum absolute atomic E-state index is 11.0. The number of aryl methyl sites for hydroxylation is 1. The van der Waals surface area contributed by atoms with Crippen LogP contribution in [-0.4, -0.2) is 16.1 Å². The summed E-state index contributed by atoms with van der Waals surface area (Å²) in [6.45, 7) is 5.60. The van der Waals surface area contributed by atoms with Gasteiger partial charge in [0.15, 0.2) is 5.11 Å². The van der Waals surface area contributed by atoms with E-state index in [9.17, 15) is 10.1 Å². The monoisotopic (exact) mass is 334 g/mol. The van der Waals surface area contributed by atoms with E-state index in [4.69, 9.17) is 12.2 Å². The summed E-state index contributed by atoms with van der Waals surface area (Å²) >= 11 is 5.26. The molecule has 0 bridgehead atoms. The minimum atomic E-state index is -0.394. The van der Waals surface area contributed by atoms with Crippen molar-refractivity contribution in [2.75, 3.05) is 0 Å². The van der Waals surface area contributed by atoms with Gasteiger partial charge in [-0.05, 0) is 32.0 Å². The topological polar surface area (TPSA) is 79.2 Å². The quantitative estimate of drug-likeness (QED) is 0.436. The number of hydrazine groups is 1. The third-order valence-corrected chi connectivity index (χ3v) is 4.24. The summed E-state index contributed by atoms with van der Waals surface area (Å²) in [5.74, 6) is 0. The molecular formula is C16H22N4O2S. The summed E-state index contributed by atoms with van der Waals surface area (Å²) < 4.78 is 0. The molecule has 0 heterocycles. The van der Waals surface area contributed by atoms with Crippen molar-refractivity contribution in [1.29, 1.82) is 0 Å². The number of nitro groups is 1. The molecule has 2 rings (SSSR count). The Labute approximate surface area is 141 Å². The highest BCUT2D eigenvalue weighted by atomic mass is 32.1. The first-order valence-corrected chi connectivity index (χ1v) is 8.15. The van der Waals surface area contributed by atoms with Gasteiger partial charge in [0.05, 0.1) is 10.6 Å². The third kappa shape index (κ3) is 4.92. The summed E-state index contributed by atoms with van der Waals surface area (Å²) in [7, 11) is 0. The summed E-state index contributed by atoms with van der Waals surface area (Å²) in [4.78, 5) is 10.6. The highest BCUT2D eigenvalue weighted by molar-refractivity contribution is 7.80. The second kappa shape index (κ2) is 7.92. The van der Waals surface area contributed by atoms with Gasteiger partial charge in [0.2, 0.25) is 0 Å². The first-order chi connectivity index (χ1) is 11.0. The molecule has 0 radical (unpaired) electrons. The first kappa shape index (κ1) is 17.2. The molecule has 1 fully saturated rings. The van der Waals surface area contributed by atoms with Gasteiger partial charge in [0.25, 0.3) is 5.69 Å². The average Bonchev–Trinajstić information content (AvgIpc) is 2.53. The normalized spacial score (nSPS) is 14.8. The Bertz CT molecular complexity index is 612. The van der Waals surface area contributed by atoms with E-state index in [1.54, 1.807) is 19.1 Å². The number of hydrogen-bond acceptors (Lipinski definition) is 4. The highest BCUT2D eigenvalue weighted by Crippen LogP contribution is 2.22. The van der Waals surface area contributed by atoms with E-state index in [1.165, 1.54) is 25.3 Å². The molecule has 0 unspecified atom stereocenters. The zero-order valence-corrected chi connectivity index (χ0v) is 14.0. The van der Waals surface area contributed by atoms with Crippen molar-refractivity contribution < 1.29 is 4.92 Å². The van der Waals surface area contributed by atoms with Crippen LogP contribution in [0.25, 0.3) is 5.70 Å². The standard InChI is InChI=1S/C16H22N4O2S/c1-11-8-9-13(10-15(11)20(21)22)12(2)18-19-16(23)17-14-6-4-3-5-7-14/h8-10,14,18H,2-7H2,1H3,(H2,17,19,23). The smallest absolute Gasteiger partial charge is 0.272 e. The number of nitrogens with one attached hydrogen (secondary N) is 3. The van der Waals surface area contributed by atoms with E-state index in [-0.39, 0.29) is 5.69 Å². The molecule has 6 nitrogen and oxygen atoms in total. The molecule has 1 aromatic rings. The Morgan fingerprint density at radius 1 is 1.30 bits per heavy atom. The van der Waals surface area contributed by atoms with Gasteiger partial charge >= 0.3 is 0 Å². The number of nitro benzene ring substituents is 1. The SMILES string of the molecule is C=C(NNC(=S)NC1CCCCC1)c1ccc(C)c([N+](=O)[O-])c1.